The summed E-state index contributed by atoms with van der Waals surface area (Å²) in [4.78, 5) is 15.5. The third-order valence-corrected chi connectivity index (χ3v) is 17.1. The first-order chi connectivity index (χ1) is 40.7. The first kappa shape index (κ1) is 52.2. The number of nitrogens with zero attached hydrogens (tertiary/aromatic N) is 6. The molecule has 8 nitrogen and oxygen atoms in total. The van der Waals surface area contributed by atoms with Crippen LogP contribution in [0.5, 0.6) is 23.3 Å². The van der Waals surface area contributed by atoms with Crippen LogP contribution in [-0.4, -0.2) is 24.1 Å². The lowest BCUT2D eigenvalue weighted by Crippen LogP contribution is -2.30. The number of ether oxygens (including phenoxy) is 2. The van der Waals surface area contributed by atoms with Crippen molar-refractivity contribution in [2.24, 2.45) is 7.05 Å². The molecule has 0 bridgehead atoms. The van der Waals surface area contributed by atoms with Crippen LogP contribution >= 0.6 is 0 Å². The van der Waals surface area contributed by atoms with Gasteiger partial charge in [-0.15, -0.1) is 0 Å². The molecule has 84 heavy (non-hydrogen) atoms. The van der Waals surface area contributed by atoms with Gasteiger partial charge in [-0.3, -0.25) is 0 Å². The Kier molecular flexibility index (Phi) is 12.6. The van der Waals surface area contributed by atoms with Crippen molar-refractivity contribution < 1.29 is 14.0 Å². The predicted molar refractivity (Wildman–Crippen MR) is 334 cm³/mol. The average Bonchev–Trinajstić information content (AvgIpc) is 1.62. The Morgan fingerprint density at radius 2 is 0.988 bits per heavy atom. The fraction of sp³-hybridized carbons (Fsp3) is 0.158. The van der Waals surface area contributed by atoms with E-state index in [1.54, 1.807) is 12.5 Å². The van der Waals surface area contributed by atoms with Gasteiger partial charge in [0.1, 0.15) is 29.6 Å². The molecular weight excluding hydrogens is 1030 g/mol. The number of hydrogen-bond acceptors (Lipinski definition) is 5. The topological polar surface area (TPSA) is 70.9 Å². The van der Waals surface area contributed by atoms with Crippen LogP contribution in [0, 0.1) is 0 Å². The lowest BCUT2D eigenvalue weighted by molar-refractivity contribution is -0.670. The maximum absolute atomic E-state index is 7.28. The maximum Gasteiger partial charge on any atom is 0.248 e. The average molecular weight is 1090 g/mol. The second-order valence-corrected chi connectivity index (χ2v) is 24.5. The van der Waals surface area contributed by atoms with Gasteiger partial charge >= 0.3 is 0 Å². The SMILES string of the molecule is C[n+]1ccn(-c2cc(Cc3cccc4c3-c3ccccc3C4(c3ccccc3)c3cc(C(C)(C)C)cc(Oc4cccc(-n5ccnc5)c4)n3)cc(Oc3cc(C(C)(C)C)cc(C4(c5ccccc5)c5ccccc5-c5ccccc54)n3)c2)c1. The summed E-state index contributed by atoms with van der Waals surface area (Å²) in [6.07, 6.45) is 12.4. The highest BCUT2D eigenvalue weighted by atomic mass is 16.5. The first-order valence-corrected chi connectivity index (χ1v) is 29.0. The second kappa shape index (κ2) is 20.2. The first-order valence-electron chi connectivity index (χ1n) is 29.0. The van der Waals surface area contributed by atoms with Crippen molar-refractivity contribution in [2.45, 2.75) is 69.6 Å². The molecule has 0 fully saturated rings. The summed E-state index contributed by atoms with van der Waals surface area (Å²) < 4.78 is 20.3. The molecule has 2 aliphatic rings. The van der Waals surface area contributed by atoms with E-state index in [9.17, 15) is 0 Å². The van der Waals surface area contributed by atoms with Gasteiger partial charge in [-0.1, -0.05) is 199 Å². The standard InChI is InChI=1S/C76H65N6O2/c1-73(2,3)55-43-68(75(53-23-10-8-11-24-53)64-32-17-14-29-61(64)62-30-15-18-33-65(62)75)78-71(46-55)84-60-42-51(41-58(48-60)82-39-38-80(7)50-82)40-52-22-20-35-67-72(52)63-31-16-19-34-66(63)76(67,54-25-12-9-13-26-54)69-44-56(74(4,5)6)45-70(79-69)83-59-28-21-27-57(47-59)81-37-36-77-49-81/h8-39,41-50H,40H2,1-7H3/q+1. The Morgan fingerprint density at radius 3 is 1.56 bits per heavy atom. The number of rotatable bonds is 12. The van der Waals surface area contributed by atoms with Crippen LogP contribution < -0.4 is 14.0 Å². The lowest BCUT2D eigenvalue weighted by atomic mass is 9.69. The molecule has 12 aromatic rings. The molecule has 0 N–H and O–H groups in total. The number of aromatic nitrogens is 6. The molecule has 14 rings (SSSR count). The van der Waals surface area contributed by atoms with Crippen molar-refractivity contribution in [3.05, 3.63) is 323 Å². The predicted octanol–water partition coefficient (Wildman–Crippen LogP) is 16.8. The fourth-order valence-electron chi connectivity index (χ4n) is 13.1. The van der Waals surface area contributed by atoms with Crippen LogP contribution in [0.2, 0.25) is 0 Å². The molecular formula is C76H65N6O2+. The van der Waals surface area contributed by atoms with Gasteiger partial charge in [0.05, 0.1) is 41.3 Å². The lowest BCUT2D eigenvalue weighted by Gasteiger charge is -2.34. The minimum absolute atomic E-state index is 0.234. The molecule has 1 unspecified atom stereocenters. The van der Waals surface area contributed by atoms with Crippen molar-refractivity contribution in [2.75, 3.05) is 0 Å². The molecule has 8 heteroatoms. The third kappa shape index (κ3) is 8.83. The largest absolute Gasteiger partial charge is 0.439 e. The van der Waals surface area contributed by atoms with E-state index >= 15 is 0 Å². The van der Waals surface area contributed by atoms with E-state index in [0.29, 0.717) is 29.7 Å². The smallest absolute Gasteiger partial charge is 0.248 e. The van der Waals surface area contributed by atoms with Crippen LogP contribution in [0.25, 0.3) is 33.6 Å². The normalized spacial score (nSPS) is 14.8. The Morgan fingerprint density at radius 1 is 0.464 bits per heavy atom. The monoisotopic (exact) mass is 1090 g/mol. The van der Waals surface area contributed by atoms with Crippen LogP contribution in [-0.2, 0) is 35.1 Å². The third-order valence-electron chi connectivity index (χ3n) is 17.1. The van der Waals surface area contributed by atoms with Crippen molar-refractivity contribution >= 4 is 0 Å². The molecule has 0 spiro atoms. The van der Waals surface area contributed by atoms with Crippen LogP contribution in [0.3, 0.4) is 0 Å². The fourth-order valence-corrected chi connectivity index (χ4v) is 13.1. The zero-order chi connectivity index (χ0) is 57.4. The summed E-state index contributed by atoms with van der Waals surface area (Å²) in [6, 6.07) is 78.7. The van der Waals surface area contributed by atoms with Gasteiger partial charge in [-0.05, 0) is 132 Å². The van der Waals surface area contributed by atoms with Gasteiger partial charge in [0.2, 0.25) is 18.1 Å². The van der Waals surface area contributed by atoms with E-state index in [0.717, 1.165) is 50.6 Å². The molecule has 4 heterocycles. The molecule has 8 aromatic carbocycles. The molecule has 0 saturated carbocycles. The maximum atomic E-state index is 7.28. The zero-order valence-corrected chi connectivity index (χ0v) is 48.5. The Labute approximate surface area is 492 Å². The minimum atomic E-state index is -0.809. The van der Waals surface area contributed by atoms with Crippen molar-refractivity contribution in [1.82, 2.24) is 24.1 Å². The number of pyridine rings is 2. The second-order valence-electron chi connectivity index (χ2n) is 24.5. The molecule has 0 amide bonds. The highest BCUT2D eigenvalue weighted by Gasteiger charge is 2.50. The van der Waals surface area contributed by atoms with Gasteiger partial charge < -0.3 is 14.0 Å². The summed E-state index contributed by atoms with van der Waals surface area (Å²) in [5.74, 6) is 2.45. The molecule has 0 aliphatic heterocycles. The summed E-state index contributed by atoms with van der Waals surface area (Å²) in [7, 11) is 2.05. The molecule has 410 valence electrons. The van der Waals surface area contributed by atoms with Gasteiger partial charge in [-0.25, -0.2) is 24.1 Å². The van der Waals surface area contributed by atoms with Crippen molar-refractivity contribution in [1.29, 1.82) is 0 Å². The van der Waals surface area contributed by atoms with E-state index in [2.05, 4.69) is 276 Å². The quantitative estimate of drug-likeness (QED) is 0.114. The molecule has 1 atom stereocenters. The van der Waals surface area contributed by atoms with Gasteiger partial charge in [0, 0.05) is 36.7 Å². The zero-order valence-electron chi connectivity index (χ0n) is 48.5. The van der Waals surface area contributed by atoms with Gasteiger partial charge in [-0.2, -0.15) is 0 Å². The van der Waals surface area contributed by atoms with E-state index in [-0.39, 0.29) is 10.8 Å². The van der Waals surface area contributed by atoms with Crippen molar-refractivity contribution in [3.8, 4) is 56.9 Å². The van der Waals surface area contributed by atoms with Crippen LogP contribution in [0.4, 0.5) is 0 Å². The highest BCUT2D eigenvalue weighted by molar-refractivity contribution is 5.89. The van der Waals surface area contributed by atoms with E-state index < -0.39 is 10.8 Å². The number of benzene rings is 8. The van der Waals surface area contributed by atoms with Crippen LogP contribution in [0.15, 0.2) is 256 Å². The number of imidazole rings is 2. The molecule has 0 saturated heterocycles. The molecule has 4 aromatic heterocycles. The van der Waals surface area contributed by atoms with Crippen LogP contribution in [0.1, 0.15) is 109 Å². The summed E-state index contributed by atoms with van der Waals surface area (Å²) in [5.41, 5.74) is 18.1. The van der Waals surface area contributed by atoms with Crippen molar-refractivity contribution in [3.63, 3.8) is 0 Å². The summed E-state index contributed by atoms with van der Waals surface area (Å²) in [5, 5.41) is 0. The Bertz CT molecular complexity index is 4410. The molecule has 0 radical (unpaired) electrons. The number of aryl methyl sites for hydroxylation is 1. The highest BCUT2D eigenvalue weighted by Crippen LogP contribution is 2.59. The van der Waals surface area contributed by atoms with E-state index in [4.69, 9.17) is 19.4 Å². The number of fused-ring (bicyclic) bond motifs is 6. The summed E-state index contributed by atoms with van der Waals surface area (Å²) >= 11 is 0. The number of hydrogen-bond donors (Lipinski definition) is 0. The van der Waals surface area contributed by atoms with Gasteiger partial charge in [0.25, 0.3) is 0 Å². The van der Waals surface area contributed by atoms with Gasteiger partial charge in [0.15, 0.2) is 0 Å². The Hall–Kier alpha value is -9.92. The Balaban J connectivity index is 0.920. The molecule has 2 aliphatic carbocycles. The van der Waals surface area contributed by atoms with E-state index in [1.165, 1.54) is 50.1 Å². The minimum Gasteiger partial charge on any atom is -0.439 e. The van der Waals surface area contributed by atoms with E-state index in [1.807, 2.05) is 35.0 Å². The summed E-state index contributed by atoms with van der Waals surface area (Å²) in [6.45, 7) is 13.6.